The van der Waals surface area contributed by atoms with Gasteiger partial charge in [-0.05, 0) is 25.1 Å². The smallest absolute Gasteiger partial charge is 0.289 e. The highest BCUT2D eigenvalue weighted by atomic mass is 16.5. The third-order valence-electron chi connectivity index (χ3n) is 5.59. The molecule has 5 nitrogen and oxygen atoms in total. The van der Waals surface area contributed by atoms with E-state index in [1.165, 1.54) is 0 Å². The molecule has 24 heavy (non-hydrogen) atoms. The lowest BCUT2D eigenvalue weighted by atomic mass is 9.89. The summed E-state index contributed by atoms with van der Waals surface area (Å²) in [6.07, 6.45) is 1.13. The molecule has 0 spiro atoms. The molecular formula is C19H24N2O3. The second-order valence-corrected chi connectivity index (χ2v) is 6.79. The number of piperidine rings is 1. The van der Waals surface area contributed by atoms with Crippen molar-refractivity contribution in [1.82, 2.24) is 9.80 Å². The Bertz CT molecular complexity index is 708. The van der Waals surface area contributed by atoms with E-state index in [-0.39, 0.29) is 18.1 Å². The van der Waals surface area contributed by atoms with Crippen molar-refractivity contribution in [3.63, 3.8) is 0 Å². The molecule has 2 fully saturated rings. The summed E-state index contributed by atoms with van der Waals surface area (Å²) in [5.74, 6) is 0.839. The van der Waals surface area contributed by atoms with Gasteiger partial charge in [0.1, 0.15) is 5.58 Å². The second-order valence-electron chi connectivity index (χ2n) is 6.79. The predicted molar refractivity (Wildman–Crippen MR) is 92.1 cm³/mol. The summed E-state index contributed by atoms with van der Waals surface area (Å²) in [6.45, 7) is 5.84. The first-order valence-corrected chi connectivity index (χ1v) is 8.76. The van der Waals surface area contributed by atoms with Crippen LogP contribution in [-0.2, 0) is 4.74 Å². The molecule has 0 aliphatic carbocycles. The van der Waals surface area contributed by atoms with Crippen molar-refractivity contribution in [2.45, 2.75) is 25.5 Å². The van der Waals surface area contributed by atoms with Crippen LogP contribution in [0.3, 0.4) is 0 Å². The average Bonchev–Trinajstić information content (AvgIpc) is 3.24. The van der Waals surface area contributed by atoms with Crippen LogP contribution in [-0.4, -0.2) is 61.1 Å². The van der Waals surface area contributed by atoms with Gasteiger partial charge in [-0.3, -0.25) is 4.79 Å². The maximum absolute atomic E-state index is 13.1. The number of para-hydroxylation sites is 1. The van der Waals surface area contributed by atoms with Gasteiger partial charge in [0.25, 0.3) is 5.91 Å². The van der Waals surface area contributed by atoms with Gasteiger partial charge in [0.05, 0.1) is 12.1 Å². The maximum atomic E-state index is 13.1. The molecule has 128 valence electrons. The van der Waals surface area contributed by atoms with Crippen LogP contribution in [0.15, 0.2) is 34.7 Å². The van der Waals surface area contributed by atoms with Crippen molar-refractivity contribution in [2.75, 3.05) is 33.3 Å². The van der Waals surface area contributed by atoms with Crippen molar-refractivity contribution in [3.8, 4) is 0 Å². The van der Waals surface area contributed by atoms with Gasteiger partial charge in [-0.2, -0.15) is 0 Å². The fourth-order valence-electron chi connectivity index (χ4n) is 4.27. The summed E-state index contributed by atoms with van der Waals surface area (Å²) in [5, 5.41) is 0.978. The molecule has 4 rings (SSSR count). The molecule has 0 N–H and O–H groups in total. The molecule has 0 radical (unpaired) electrons. The van der Waals surface area contributed by atoms with E-state index in [1.54, 1.807) is 7.11 Å². The lowest BCUT2D eigenvalue weighted by Crippen LogP contribution is -2.53. The van der Waals surface area contributed by atoms with Crippen molar-refractivity contribution < 1.29 is 13.9 Å². The van der Waals surface area contributed by atoms with Crippen LogP contribution >= 0.6 is 0 Å². The van der Waals surface area contributed by atoms with E-state index in [0.717, 1.165) is 43.6 Å². The minimum Gasteiger partial charge on any atom is -0.451 e. The Balaban J connectivity index is 1.61. The molecule has 2 aliphatic heterocycles. The zero-order chi connectivity index (χ0) is 16.7. The molecule has 1 aromatic carbocycles. The first-order valence-electron chi connectivity index (χ1n) is 8.76. The number of fused-ring (bicyclic) bond motifs is 2. The van der Waals surface area contributed by atoms with E-state index in [1.807, 2.05) is 35.2 Å². The first kappa shape index (κ1) is 15.7. The van der Waals surface area contributed by atoms with Gasteiger partial charge >= 0.3 is 0 Å². The number of benzene rings is 1. The fraction of sp³-hybridized carbons (Fsp3) is 0.526. The summed E-state index contributed by atoms with van der Waals surface area (Å²) in [5.41, 5.74) is 0.769. The SMILES string of the molecule is CCN1C[C@H]2[C@@H](C1)N(C(=O)c1cc3ccccc3o1)CC[C@H]2OC. The van der Waals surface area contributed by atoms with Gasteiger partial charge < -0.3 is 19.0 Å². The Morgan fingerprint density at radius 2 is 2.17 bits per heavy atom. The molecule has 0 unspecified atom stereocenters. The normalized spacial score (nSPS) is 27.6. The standard InChI is InChI=1S/C19H24N2O3/c1-3-20-11-14-15(12-20)21(9-8-17(14)23-2)19(22)18-10-13-6-4-5-7-16(13)24-18/h4-7,10,14-15,17H,3,8-9,11-12H2,1-2H3/t14-,15+,17+/m0/s1. The molecule has 2 saturated heterocycles. The zero-order valence-corrected chi connectivity index (χ0v) is 14.3. The Morgan fingerprint density at radius 3 is 2.92 bits per heavy atom. The summed E-state index contributed by atoms with van der Waals surface area (Å²) < 4.78 is 11.5. The van der Waals surface area contributed by atoms with Crippen molar-refractivity contribution >= 4 is 16.9 Å². The Kier molecular flexibility index (Phi) is 4.06. The predicted octanol–water partition coefficient (Wildman–Crippen LogP) is 2.61. The van der Waals surface area contributed by atoms with Gasteiger partial charge in [0.15, 0.2) is 5.76 Å². The van der Waals surface area contributed by atoms with Gasteiger partial charge in [-0.25, -0.2) is 0 Å². The number of furan rings is 1. The Labute approximate surface area is 142 Å². The number of hydrogen-bond donors (Lipinski definition) is 0. The Hall–Kier alpha value is -1.85. The second kappa shape index (κ2) is 6.22. The molecule has 2 aromatic rings. The number of carbonyl (C=O) groups is 1. The number of nitrogens with zero attached hydrogens (tertiary/aromatic N) is 2. The minimum absolute atomic E-state index is 0.00806. The van der Waals surface area contributed by atoms with Crippen LogP contribution in [0.25, 0.3) is 11.0 Å². The molecule has 1 amide bonds. The monoisotopic (exact) mass is 328 g/mol. The molecule has 3 atom stereocenters. The van der Waals surface area contributed by atoms with E-state index >= 15 is 0 Å². The van der Waals surface area contributed by atoms with Crippen LogP contribution in [0.1, 0.15) is 23.9 Å². The average molecular weight is 328 g/mol. The summed E-state index contributed by atoms with van der Waals surface area (Å²) in [6, 6.07) is 9.84. The zero-order valence-electron chi connectivity index (χ0n) is 14.3. The number of likely N-dealkylation sites (N-methyl/N-ethyl adjacent to an activating group) is 1. The highest BCUT2D eigenvalue weighted by Gasteiger charge is 2.46. The third-order valence-corrected chi connectivity index (χ3v) is 5.59. The number of rotatable bonds is 3. The first-order chi connectivity index (χ1) is 11.7. The minimum atomic E-state index is 0.00806. The summed E-state index contributed by atoms with van der Waals surface area (Å²) in [4.78, 5) is 17.5. The van der Waals surface area contributed by atoms with E-state index in [9.17, 15) is 4.79 Å². The van der Waals surface area contributed by atoms with Gasteiger partial charge in [0.2, 0.25) is 0 Å². The van der Waals surface area contributed by atoms with Crippen molar-refractivity contribution in [1.29, 1.82) is 0 Å². The van der Waals surface area contributed by atoms with Crippen LogP contribution < -0.4 is 0 Å². The van der Waals surface area contributed by atoms with Gasteiger partial charge in [-0.15, -0.1) is 0 Å². The van der Waals surface area contributed by atoms with Crippen molar-refractivity contribution in [3.05, 3.63) is 36.1 Å². The topological polar surface area (TPSA) is 45.9 Å². The van der Waals surface area contributed by atoms with Gasteiger partial charge in [-0.1, -0.05) is 25.1 Å². The number of carbonyl (C=O) groups excluding carboxylic acids is 1. The lowest BCUT2D eigenvalue weighted by molar-refractivity contribution is -0.0165. The van der Waals surface area contributed by atoms with Crippen molar-refractivity contribution in [2.24, 2.45) is 5.92 Å². The number of ether oxygens (including phenoxy) is 1. The highest BCUT2D eigenvalue weighted by Crippen LogP contribution is 2.33. The highest BCUT2D eigenvalue weighted by molar-refractivity contribution is 5.96. The number of hydrogen-bond acceptors (Lipinski definition) is 4. The van der Waals surface area contributed by atoms with E-state index < -0.39 is 0 Å². The summed E-state index contributed by atoms with van der Waals surface area (Å²) >= 11 is 0. The molecule has 5 heteroatoms. The van der Waals surface area contributed by atoms with Crippen LogP contribution in [0.4, 0.5) is 0 Å². The number of amides is 1. The van der Waals surface area contributed by atoms with Crippen LogP contribution in [0.2, 0.25) is 0 Å². The molecule has 3 heterocycles. The maximum Gasteiger partial charge on any atom is 0.289 e. The largest absolute Gasteiger partial charge is 0.451 e. The molecule has 0 saturated carbocycles. The fourth-order valence-corrected chi connectivity index (χ4v) is 4.27. The number of likely N-dealkylation sites (tertiary alicyclic amines) is 2. The molecular weight excluding hydrogens is 304 g/mol. The van der Waals surface area contributed by atoms with E-state index in [0.29, 0.717) is 11.7 Å². The van der Waals surface area contributed by atoms with Gasteiger partial charge in [0, 0.05) is 38.0 Å². The van der Waals surface area contributed by atoms with E-state index in [2.05, 4.69) is 11.8 Å². The lowest BCUT2D eigenvalue weighted by Gasteiger charge is -2.40. The van der Waals surface area contributed by atoms with E-state index in [4.69, 9.17) is 9.15 Å². The van der Waals surface area contributed by atoms with Crippen LogP contribution in [0.5, 0.6) is 0 Å². The summed E-state index contributed by atoms with van der Waals surface area (Å²) in [7, 11) is 1.78. The Morgan fingerprint density at radius 1 is 1.33 bits per heavy atom. The molecule has 0 bridgehead atoms. The quantitative estimate of drug-likeness (QED) is 0.869. The third kappa shape index (κ3) is 2.52. The van der Waals surface area contributed by atoms with Crippen LogP contribution in [0, 0.1) is 5.92 Å². The number of methoxy groups -OCH3 is 1. The molecule has 2 aliphatic rings. The molecule has 1 aromatic heterocycles.